The quantitative estimate of drug-likeness (QED) is 0.0800. The third-order valence-electron chi connectivity index (χ3n) is 10.5. The molecule has 16 heteroatoms. The maximum Gasteiger partial charge on any atom is 0.340 e. The van der Waals surface area contributed by atoms with Gasteiger partial charge in [0.1, 0.15) is 41.1 Å². The van der Waals surface area contributed by atoms with Crippen molar-refractivity contribution >= 4 is 35.5 Å². The molecule has 332 valence electrons. The van der Waals surface area contributed by atoms with Crippen LogP contribution in [0, 0.1) is 5.92 Å². The van der Waals surface area contributed by atoms with Gasteiger partial charge >= 0.3 is 5.97 Å². The lowest BCUT2D eigenvalue weighted by Crippen LogP contribution is -2.61. The van der Waals surface area contributed by atoms with Crippen molar-refractivity contribution in [1.82, 2.24) is 26.6 Å². The summed E-state index contributed by atoms with van der Waals surface area (Å²) in [4.78, 5) is 80.7. The maximum atomic E-state index is 13.7. The SMILES string of the molecule is CC(C)C[C@H](NC(=O)CCNC(=O)c1ccc2c(c1)C(=O)OC21c2ccc(O)cc2Oc2cc(O)ccc21)C(=O)N[C@H](C(=O)N[C@@H](Cc1ccccc1)C(=O)NC(C)(C)C)[C@@H](C)O. The van der Waals surface area contributed by atoms with E-state index in [1.165, 1.54) is 43.3 Å². The zero-order chi connectivity index (χ0) is 45.8. The van der Waals surface area contributed by atoms with Gasteiger partial charge in [-0.3, -0.25) is 24.0 Å². The van der Waals surface area contributed by atoms with E-state index < -0.39 is 70.9 Å². The molecule has 2 aliphatic heterocycles. The van der Waals surface area contributed by atoms with E-state index >= 15 is 0 Å². The van der Waals surface area contributed by atoms with Crippen LogP contribution in [-0.4, -0.2) is 87.1 Å². The van der Waals surface area contributed by atoms with E-state index in [2.05, 4.69) is 26.6 Å². The van der Waals surface area contributed by atoms with Gasteiger partial charge in [-0.25, -0.2) is 4.79 Å². The van der Waals surface area contributed by atoms with Crippen molar-refractivity contribution in [3.8, 4) is 23.0 Å². The number of esters is 1. The summed E-state index contributed by atoms with van der Waals surface area (Å²) < 4.78 is 12.1. The molecule has 4 aromatic carbocycles. The molecule has 0 fully saturated rings. The Hall–Kier alpha value is -6.94. The fraction of sp³-hybridized carbons (Fsp3) is 0.362. The Labute approximate surface area is 364 Å². The number of amides is 5. The number of phenols is 2. The highest BCUT2D eigenvalue weighted by molar-refractivity contribution is 6.02. The van der Waals surface area contributed by atoms with Gasteiger partial charge < -0.3 is 51.4 Å². The first-order valence-electron chi connectivity index (χ1n) is 20.7. The molecular weight excluding hydrogens is 811 g/mol. The van der Waals surface area contributed by atoms with Crippen LogP contribution in [0.15, 0.2) is 84.9 Å². The van der Waals surface area contributed by atoms with Gasteiger partial charge in [0.15, 0.2) is 5.60 Å². The van der Waals surface area contributed by atoms with E-state index in [9.17, 15) is 44.1 Å². The van der Waals surface area contributed by atoms with Crippen LogP contribution in [0.25, 0.3) is 0 Å². The highest BCUT2D eigenvalue weighted by Crippen LogP contribution is 2.57. The fourth-order valence-corrected chi connectivity index (χ4v) is 7.64. The Morgan fingerprint density at radius 2 is 1.35 bits per heavy atom. The minimum absolute atomic E-state index is 0.0797. The van der Waals surface area contributed by atoms with Crippen LogP contribution < -0.4 is 31.3 Å². The molecule has 4 aromatic rings. The number of ether oxygens (including phenoxy) is 2. The first-order valence-corrected chi connectivity index (χ1v) is 20.7. The number of nitrogens with one attached hydrogen (secondary N) is 5. The van der Waals surface area contributed by atoms with E-state index in [0.717, 1.165) is 5.56 Å². The van der Waals surface area contributed by atoms with Crippen LogP contribution in [0.5, 0.6) is 23.0 Å². The van der Waals surface area contributed by atoms with Crippen LogP contribution in [-0.2, 0) is 35.9 Å². The van der Waals surface area contributed by atoms with Crippen LogP contribution >= 0.6 is 0 Å². The minimum Gasteiger partial charge on any atom is -0.508 e. The normalized spacial score (nSPS) is 15.3. The molecule has 0 unspecified atom stereocenters. The predicted molar refractivity (Wildman–Crippen MR) is 230 cm³/mol. The van der Waals surface area contributed by atoms with Crippen LogP contribution in [0.4, 0.5) is 0 Å². The Kier molecular flexibility index (Phi) is 13.4. The lowest BCUT2D eigenvalue weighted by molar-refractivity contribution is -0.136. The molecule has 8 N–H and O–H groups in total. The smallest absolute Gasteiger partial charge is 0.340 e. The highest BCUT2D eigenvalue weighted by atomic mass is 16.6. The average molecular weight is 864 g/mol. The van der Waals surface area contributed by atoms with Gasteiger partial charge in [-0.1, -0.05) is 50.2 Å². The van der Waals surface area contributed by atoms with Crippen molar-refractivity contribution in [3.63, 3.8) is 0 Å². The van der Waals surface area contributed by atoms with E-state index in [4.69, 9.17) is 9.47 Å². The number of carbonyl (C=O) groups excluding carboxylic acids is 6. The number of aliphatic hydroxyl groups excluding tert-OH is 1. The number of benzene rings is 4. The van der Waals surface area contributed by atoms with Gasteiger partial charge in [0, 0.05) is 59.3 Å². The van der Waals surface area contributed by atoms with Gasteiger partial charge in [-0.05, 0) is 82.0 Å². The number of carbonyl (C=O) groups is 6. The van der Waals surface area contributed by atoms with Gasteiger partial charge in [-0.2, -0.15) is 0 Å². The summed E-state index contributed by atoms with van der Waals surface area (Å²) in [5.74, 6) is -3.70. The van der Waals surface area contributed by atoms with Crippen molar-refractivity contribution in [1.29, 1.82) is 0 Å². The number of aromatic hydroxyl groups is 2. The number of fused-ring (bicyclic) bond motifs is 6. The summed E-state index contributed by atoms with van der Waals surface area (Å²) in [6.07, 6.45) is -1.28. The Bertz CT molecular complexity index is 2360. The number of phenolic OH excluding ortho intramolecular Hbond substituents is 2. The second kappa shape index (κ2) is 18.6. The van der Waals surface area contributed by atoms with Crippen molar-refractivity contribution in [2.45, 2.75) is 96.2 Å². The van der Waals surface area contributed by atoms with Crippen molar-refractivity contribution in [3.05, 3.63) is 118 Å². The van der Waals surface area contributed by atoms with Gasteiger partial charge in [0.05, 0.1) is 11.7 Å². The van der Waals surface area contributed by atoms with Crippen molar-refractivity contribution in [2.75, 3.05) is 6.54 Å². The van der Waals surface area contributed by atoms with Crippen molar-refractivity contribution in [2.24, 2.45) is 5.92 Å². The molecule has 63 heavy (non-hydrogen) atoms. The molecule has 0 saturated carbocycles. The summed E-state index contributed by atoms with van der Waals surface area (Å²) in [5, 5.41) is 44.5. The predicted octanol–water partition coefficient (Wildman–Crippen LogP) is 3.82. The number of rotatable bonds is 15. The molecule has 6 rings (SSSR count). The average Bonchev–Trinajstić information content (AvgIpc) is 3.49. The molecule has 4 atom stereocenters. The second-order valence-corrected chi connectivity index (χ2v) is 17.3. The first-order chi connectivity index (χ1) is 29.7. The minimum atomic E-state index is -1.50. The highest BCUT2D eigenvalue weighted by Gasteiger charge is 2.54. The summed E-state index contributed by atoms with van der Waals surface area (Å²) in [5.41, 5.74) is 0.148. The van der Waals surface area contributed by atoms with Gasteiger partial charge in [-0.15, -0.1) is 0 Å². The molecule has 0 bridgehead atoms. The molecule has 1 spiro atoms. The number of hydrogen-bond acceptors (Lipinski definition) is 11. The lowest BCUT2D eigenvalue weighted by Gasteiger charge is -2.36. The molecule has 0 aliphatic carbocycles. The molecule has 16 nitrogen and oxygen atoms in total. The lowest BCUT2D eigenvalue weighted by atomic mass is 9.77. The summed E-state index contributed by atoms with van der Waals surface area (Å²) in [7, 11) is 0. The fourth-order valence-electron chi connectivity index (χ4n) is 7.64. The van der Waals surface area contributed by atoms with Crippen LogP contribution in [0.3, 0.4) is 0 Å². The monoisotopic (exact) mass is 863 g/mol. The molecule has 0 saturated heterocycles. The molecular formula is C47H53N5O11. The summed E-state index contributed by atoms with van der Waals surface area (Å²) in [6, 6.07) is 18.7. The van der Waals surface area contributed by atoms with E-state index in [1.807, 2.05) is 44.2 Å². The molecule has 2 aliphatic rings. The van der Waals surface area contributed by atoms with Gasteiger partial charge in [0.2, 0.25) is 23.6 Å². The van der Waals surface area contributed by atoms with E-state index in [-0.39, 0.29) is 65.9 Å². The molecule has 0 aromatic heterocycles. The Morgan fingerprint density at radius 3 is 1.94 bits per heavy atom. The third-order valence-corrected chi connectivity index (χ3v) is 10.5. The van der Waals surface area contributed by atoms with Crippen molar-refractivity contribution < 1.29 is 53.6 Å². The third kappa shape index (κ3) is 10.4. The Balaban J connectivity index is 1.10. The maximum absolute atomic E-state index is 13.7. The molecule has 0 radical (unpaired) electrons. The van der Waals surface area contributed by atoms with E-state index in [0.29, 0.717) is 16.7 Å². The number of aliphatic hydroxyl groups is 1. The first kappa shape index (κ1) is 45.6. The number of hydrogen-bond donors (Lipinski definition) is 8. The van der Waals surface area contributed by atoms with E-state index in [1.54, 1.807) is 39.0 Å². The molecule has 2 heterocycles. The van der Waals surface area contributed by atoms with Gasteiger partial charge in [0.25, 0.3) is 5.91 Å². The second-order valence-electron chi connectivity index (χ2n) is 17.3. The van der Waals surface area contributed by atoms with Crippen LogP contribution in [0.1, 0.15) is 97.4 Å². The Morgan fingerprint density at radius 1 is 0.730 bits per heavy atom. The largest absolute Gasteiger partial charge is 0.508 e. The molecule has 5 amide bonds. The summed E-state index contributed by atoms with van der Waals surface area (Å²) >= 11 is 0. The zero-order valence-electron chi connectivity index (χ0n) is 35.9. The topological polar surface area (TPSA) is 242 Å². The standard InChI is InChI=1S/C47H53N5O11/c1-25(2)20-35(42(58)51-40(26(3)53)44(60)50-36(43(59)52-46(4,5)6)21-27-10-8-7-9-11-27)49-39(56)18-19-48-41(57)28-12-15-32-31(22-28)45(61)63-47(32)33-16-13-29(54)23-37(33)62-38-24-30(55)14-17-34(38)47/h7-17,22-26,35-36,40,53-55H,18-21H2,1-6H3,(H,48,57)(H,49,56)(H,50,60)(H,51,58)(H,52,59)/t26-,35+,36+,40+/m1/s1. The zero-order valence-corrected chi connectivity index (χ0v) is 35.9. The van der Waals surface area contributed by atoms with Crippen LogP contribution in [0.2, 0.25) is 0 Å². The summed E-state index contributed by atoms with van der Waals surface area (Å²) in [6.45, 7) is 10.3.